The minimum atomic E-state index is -0.455. The Bertz CT molecular complexity index is 815. The van der Waals surface area contributed by atoms with Crippen LogP contribution >= 0.6 is 0 Å². The summed E-state index contributed by atoms with van der Waals surface area (Å²) in [5, 5.41) is 10.7. The fourth-order valence-corrected chi connectivity index (χ4v) is 4.02. The van der Waals surface area contributed by atoms with Gasteiger partial charge >= 0.3 is 5.97 Å². The highest BCUT2D eigenvalue weighted by Crippen LogP contribution is 2.36. The first kappa shape index (κ1) is 16.8. The van der Waals surface area contributed by atoms with Gasteiger partial charge in [0.25, 0.3) is 5.69 Å². The third kappa shape index (κ3) is 3.10. The second-order valence-corrected chi connectivity index (χ2v) is 7.02. The summed E-state index contributed by atoms with van der Waals surface area (Å²) < 4.78 is 11.3. The first-order chi connectivity index (χ1) is 12.5. The SMILES string of the molecule is CN1[C@@H]2CC[C@H]1CC(OC(=O)c1ccc(-c3ccc([N+](=O)[O-])cc3)o1)C2. The molecule has 3 heterocycles. The van der Waals surface area contributed by atoms with Crippen molar-refractivity contribution in [2.45, 2.75) is 43.9 Å². The van der Waals surface area contributed by atoms with Crippen molar-refractivity contribution in [3.63, 3.8) is 0 Å². The Labute approximate surface area is 150 Å². The first-order valence-electron chi connectivity index (χ1n) is 8.79. The maximum absolute atomic E-state index is 12.4. The molecule has 1 aromatic carbocycles. The highest BCUT2D eigenvalue weighted by atomic mass is 16.6. The molecule has 3 atom stereocenters. The van der Waals surface area contributed by atoms with Crippen LogP contribution in [0, 0.1) is 10.1 Å². The molecule has 0 radical (unpaired) electrons. The summed E-state index contributed by atoms with van der Waals surface area (Å²) in [6.45, 7) is 0. The first-order valence-corrected chi connectivity index (χ1v) is 8.79. The van der Waals surface area contributed by atoms with E-state index in [1.807, 2.05) is 0 Å². The second-order valence-electron chi connectivity index (χ2n) is 7.02. The topological polar surface area (TPSA) is 85.8 Å². The van der Waals surface area contributed by atoms with Gasteiger partial charge in [-0.15, -0.1) is 0 Å². The molecular weight excluding hydrogens is 336 g/mol. The predicted molar refractivity (Wildman–Crippen MR) is 93.8 cm³/mol. The second kappa shape index (κ2) is 6.57. The van der Waals surface area contributed by atoms with Crippen LogP contribution in [0.2, 0.25) is 0 Å². The Hall–Kier alpha value is -2.67. The molecule has 1 unspecified atom stereocenters. The number of nitro benzene ring substituents is 1. The Morgan fingerprint density at radius 2 is 1.81 bits per heavy atom. The van der Waals surface area contributed by atoms with E-state index in [4.69, 9.17) is 9.15 Å². The summed E-state index contributed by atoms with van der Waals surface area (Å²) in [6.07, 6.45) is 4.01. The van der Waals surface area contributed by atoms with Crippen LogP contribution in [0.4, 0.5) is 5.69 Å². The Morgan fingerprint density at radius 1 is 1.15 bits per heavy atom. The Balaban J connectivity index is 1.42. The van der Waals surface area contributed by atoms with Crippen molar-refractivity contribution in [3.8, 4) is 11.3 Å². The average molecular weight is 356 g/mol. The molecule has 2 bridgehead atoms. The van der Waals surface area contributed by atoms with Crippen molar-refractivity contribution < 1.29 is 18.9 Å². The monoisotopic (exact) mass is 356 g/mol. The van der Waals surface area contributed by atoms with Crippen molar-refractivity contribution >= 4 is 11.7 Å². The molecule has 0 saturated carbocycles. The number of non-ortho nitro benzene ring substituents is 1. The highest BCUT2D eigenvalue weighted by molar-refractivity contribution is 5.87. The van der Waals surface area contributed by atoms with Gasteiger partial charge in [0.2, 0.25) is 5.76 Å². The number of carbonyl (C=O) groups is 1. The molecule has 136 valence electrons. The lowest BCUT2D eigenvalue weighted by Gasteiger charge is -2.35. The van der Waals surface area contributed by atoms with Gasteiger partial charge in [-0.2, -0.15) is 0 Å². The van der Waals surface area contributed by atoms with Crippen molar-refractivity contribution in [2.75, 3.05) is 7.05 Å². The number of nitro groups is 1. The molecule has 0 spiro atoms. The van der Waals surface area contributed by atoms with E-state index in [0.29, 0.717) is 23.4 Å². The highest BCUT2D eigenvalue weighted by Gasteiger charge is 2.40. The summed E-state index contributed by atoms with van der Waals surface area (Å²) in [6, 6.07) is 10.3. The molecule has 7 heteroatoms. The van der Waals surface area contributed by atoms with Crippen LogP contribution in [-0.4, -0.2) is 41.0 Å². The van der Waals surface area contributed by atoms with Gasteiger partial charge in [0.1, 0.15) is 11.9 Å². The van der Waals surface area contributed by atoms with Crippen LogP contribution in [0.15, 0.2) is 40.8 Å². The number of fused-ring (bicyclic) bond motifs is 2. The quantitative estimate of drug-likeness (QED) is 0.472. The van der Waals surface area contributed by atoms with Gasteiger partial charge in [-0.1, -0.05) is 0 Å². The minimum Gasteiger partial charge on any atom is -0.456 e. The van der Waals surface area contributed by atoms with E-state index in [-0.39, 0.29) is 17.6 Å². The molecule has 1 aromatic heterocycles. The Morgan fingerprint density at radius 3 is 2.42 bits per heavy atom. The van der Waals surface area contributed by atoms with E-state index >= 15 is 0 Å². The molecule has 2 fully saturated rings. The molecular formula is C19H20N2O5. The van der Waals surface area contributed by atoms with Gasteiger partial charge < -0.3 is 14.1 Å². The summed E-state index contributed by atoms with van der Waals surface area (Å²) in [4.78, 5) is 25.1. The van der Waals surface area contributed by atoms with Crippen molar-refractivity contribution in [1.29, 1.82) is 0 Å². The van der Waals surface area contributed by atoms with E-state index < -0.39 is 10.9 Å². The van der Waals surface area contributed by atoms with E-state index in [1.165, 1.54) is 25.0 Å². The molecule has 2 aromatic rings. The predicted octanol–water partition coefficient (Wildman–Crippen LogP) is 3.64. The molecule has 2 aliphatic heterocycles. The van der Waals surface area contributed by atoms with Crippen LogP contribution in [0.25, 0.3) is 11.3 Å². The number of furan rings is 1. The molecule has 0 aliphatic carbocycles. The van der Waals surface area contributed by atoms with Crippen LogP contribution in [0.3, 0.4) is 0 Å². The number of esters is 1. The maximum atomic E-state index is 12.4. The summed E-state index contributed by atoms with van der Waals surface area (Å²) >= 11 is 0. The van der Waals surface area contributed by atoms with Gasteiger partial charge in [-0.05, 0) is 44.2 Å². The third-order valence-corrected chi connectivity index (χ3v) is 5.50. The maximum Gasteiger partial charge on any atom is 0.374 e. The normalized spacial score (nSPS) is 25.2. The van der Waals surface area contributed by atoms with Crippen LogP contribution in [-0.2, 0) is 4.74 Å². The number of rotatable bonds is 4. The third-order valence-electron chi connectivity index (χ3n) is 5.50. The van der Waals surface area contributed by atoms with Gasteiger partial charge in [-0.25, -0.2) is 4.79 Å². The smallest absolute Gasteiger partial charge is 0.374 e. The van der Waals surface area contributed by atoms with Crippen molar-refractivity contribution in [1.82, 2.24) is 4.90 Å². The molecule has 0 N–H and O–H groups in total. The molecule has 7 nitrogen and oxygen atoms in total. The number of hydrogen-bond donors (Lipinski definition) is 0. The van der Waals surface area contributed by atoms with Gasteiger partial charge in [0.15, 0.2) is 0 Å². The van der Waals surface area contributed by atoms with E-state index in [9.17, 15) is 14.9 Å². The zero-order valence-electron chi connectivity index (χ0n) is 14.5. The van der Waals surface area contributed by atoms with Crippen LogP contribution < -0.4 is 0 Å². The lowest BCUT2D eigenvalue weighted by molar-refractivity contribution is -0.384. The van der Waals surface area contributed by atoms with E-state index in [0.717, 1.165) is 12.8 Å². The number of hydrogen-bond acceptors (Lipinski definition) is 6. The largest absolute Gasteiger partial charge is 0.456 e. The lowest BCUT2D eigenvalue weighted by Crippen LogP contribution is -2.43. The van der Waals surface area contributed by atoms with Crippen LogP contribution in [0.5, 0.6) is 0 Å². The van der Waals surface area contributed by atoms with Crippen molar-refractivity contribution in [2.24, 2.45) is 0 Å². The zero-order chi connectivity index (χ0) is 18.3. The summed E-state index contributed by atoms with van der Waals surface area (Å²) in [7, 11) is 2.14. The van der Waals surface area contributed by atoms with E-state index in [2.05, 4.69) is 11.9 Å². The fourth-order valence-electron chi connectivity index (χ4n) is 4.02. The summed E-state index contributed by atoms with van der Waals surface area (Å²) in [5.74, 6) is 0.187. The van der Waals surface area contributed by atoms with Crippen LogP contribution in [0.1, 0.15) is 36.2 Å². The molecule has 2 saturated heterocycles. The number of benzene rings is 1. The van der Waals surface area contributed by atoms with Gasteiger partial charge in [0.05, 0.1) is 4.92 Å². The molecule has 2 aliphatic rings. The number of piperidine rings is 1. The lowest BCUT2D eigenvalue weighted by atomic mass is 10.0. The number of carbonyl (C=O) groups excluding carboxylic acids is 1. The molecule has 4 rings (SSSR count). The average Bonchev–Trinajstić information content (AvgIpc) is 3.18. The fraction of sp³-hybridized carbons (Fsp3) is 0.421. The van der Waals surface area contributed by atoms with E-state index in [1.54, 1.807) is 24.3 Å². The van der Waals surface area contributed by atoms with Gasteiger partial charge in [-0.3, -0.25) is 10.1 Å². The van der Waals surface area contributed by atoms with Gasteiger partial charge in [0, 0.05) is 42.6 Å². The summed E-state index contributed by atoms with van der Waals surface area (Å²) in [5.41, 5.74) is 0.684. The molecule has 0 amide bonds. The number of ether oxygens (including phenoxy) is 1. The number of nitrogens with zero attached hydrogens (tertiary/aromatic N) is 2. The Kier molecular flexibility index (Phi) is 4.24. The van der Waals surface area contributed by atoms with Crippen molar-refractivity contribution in [3.05, 3.63) is 52.3 Å². The minimum absolute atomic E-state index is 0.0110. The zero-order valence-corrected chi connectivity index (χ0v) is 14.5. The molecule has 26 heavy (non-hydrogen) atoms. The standard InChI is InChI=1S/C19H20N2O5/c1-20-14-6-7-15(20)11-16(10-14)25-19(22)18-9-8-17(26-18)12-2-4-13(5-3-12)21(23)24/h2-5,8-9,14-16H,6-7,10-11H2,1H3/t14-,15+,16?.